The van der Waals surface area contributed by atoms with Crippen LogP contribution in [-0.4, -0.2) is 42.7 Å². The predicted molar refractivity (Wildman–Crippen MR) is 127 cm³/mol. The summed E-state index contributed by atoms with van der Waals surface area (Å²) in [7, 11) is -3.98. The molecule has 8 heteroatoms. The van der Waals surface area contributed by atoms with Crippen molar-refractivity contribution in [3.05, 3.63) is 75.1 Å². The molecule has 2 aromatic carbocycles. The molecule has 0 radical (unpaired) electrons. The van der Waals surface area contributed by atoms with E-state index in [1.165, 1.54) is 23.4 Å². The minimum absolute atomic E-state index is 0.0252. The van der Waals surface area contributed by atoms with Gasteiger partial charge in [0.05, 0.1) is 11.0 Å². The van der Waals surface area contributed by atoms with Gasteiger partial charge in [0.15, 0.2) is 5.78 Å². The van der Waals surface area contributed by atoms with Crippen LogP contribution in [0.15, 0.2) is 52.2 Å². The van der Waals surface area contributed by atoms with Crippen molar-refractivity contribution in [1.82, 2.24) is 9.29 Å². The number of nitrogens with zero attached hydrogens (tertiary/aromatic N) is 1. The summed E-state index contributed by atoms with van der Waals surface area (Å²) in [6.07, 6.45) is 1.39. The molecule has 2 heterocycles. The van der Waals surface area contributed by atoms with Crippen LogP contribution >= 0.6 is 0 Å². The summed E-state index contributed by atoms with van der Waals surface area (Å²) in [5.41, 5.74) is 3.13. The molecule has 0 aliphatic carbocycles. The van der Waals surface area contributed by atoms with Crippen LogP contribution in [0.1, 0.15) is 46.8 Å². The quantitative estimate of drug-likeness (QED) is 0.533. The highest BCUT2D eigenvalue weighted by Gasteiger charge is 2.30. The summed E-state index contributed by atoms with van der Waals surface area (Å²) in [5, 5.41) is 0.878. The van der Waals surface area contributed by atoms with E-state index >= 15 is 0 Å². The summed E-state index contributed by atoms with van der Waals surface area (Å²) >= 11 is 0. The van der Waals surface area contributed by atoms with Crippen molar-refractivity contribution in [3.63, 3.8) is 0 Å². The molecule has 174 valence electrons. The maximum atomic E-state index is 13.6. The Hall–Kier alpha value is -2.81. The van der Waals surface area contributed by atoms with Gasteiger partial charge in [-0.2, -0.15) is 4.31 Å². The van der Waals surface area contributed by atoms with Gasteiger partial charge in [0, 0.05) is 41.7 Å². The molecular formula is C25H28N2O5S. The van der Waals surface area contributed by atoms with E-state index in [1.807, 2.05) is 26.0 Å². The number of hydrogen-bond donors (Lipinski definition) is 1. The number of carbonyl (C=O) groups is 1. The van der Waals surface area contributed by atoms with Crippen LogP contribution in [0.2, 0.25) is 0 Å². The van der Waals surface area contributed by atoms with Gasteiger partial charge in [-0.1, -0.05) is 18.2 Å². The molecule has 3 aromatic rings. The number of ether oxygens (including phenoxy) is 1. The largest absolute Gasteiger partial charge is 0.377 e. The molecule has 1 atom stereocenters. The first-order chi connectivity index (χ1) is 15.6. The molecule has 0 spiro atoms. The summed E-state index contributed by atoms with van der Waals surface area (Å²) in [4.78, 5) is 27.6. The van der Waals surface area contributed by atoms with Gasteiger partial charge in [-0.3, -0.25) is 9.59 Å². The molecule has 0 saturated carbocycles. The second kappa shape index (κ2) is 9.21. The highest BCUT2D eigenvalue weighted by atomic mass is 32.2. The summed E-state index contributed by atoms with van der Waals surface area (Å²) < 4.78 is 34.3. The van der Waals surface area contributed by atoms with Crippen LogP contribution in [0, 0.1) is 13.8 Å². The number of sulfonamides is 1. The third-order valence-electron chi connectivity index (χ3n) is 6.05. The lowest BCUT2D eigenvalue weighted by molar-refractivity contribution is 0.0925. The van der Waals surface area contributed by atoms with Gasteiger partial charge < -0.3 is 9.72 Å². The molecule has 1 aliphatic rings. The maximum Gasteiger partial charge on any atom is 0.252 e. The van der Waals surface area contributed by atoms with Crippen molar-refractivity contribution in [2.45, 2.75) is 51.2 Å². The molecule has 1 aliphatic heterocycles. The first-order valence-corrected chi connectivity index (χ1v) is 12.4. The zero-order valence-electron chi connectivity index (χ0n) is 19.1. The van der Waals surface area contributed by atoms with Crippen LogP contribution in [0.25, 0.3) is 10.9 Å². The fourth-order valence-corrected chi connectivity index (χ4v) is 5.81. The summed E-state index contributed by atoms with van der Waals surface area (Å²) in [6, 6.07) is 11.7. The van der Waals surface area contributed by atoms with Crippen molar-refractivity contribution in [2.24, 2.45) is 0 Å². The van der Waals surface area contributed by atoms with Crippen molar-refractivity contribution in [2.75, 3.05) is 13.2 Å². The number of nitrogens with one attached hydrogen (secondary N) is 1. The third kappa shape index (κ3) is 4.93. The molecule has 0 unspecified atom stereocenters. The number of Topliss-reactive ketones (excluding diaryl/α,β-unsaturated/α-hetero) is 1. The predicted octanol–water partition coefficient (Wildman–Crippen LogP) is 3.72. The number of H-pyrrole nitrogens is 1. The normalized spacial score (nSPS) is 16.5. The second-order valence-electron chi connectivity index (χ2n) is 8.68. The highest BCUT2D eigenvalue weighted by Crippen LogP contribution is 2.24. The smallest absolute Gasteiger partial charge is 0.252 e. The number of ketones is 1. The second-order valence-corrected chi connectivity index (χ2v) is 10.6. The molecule has 1 N–H and O–H groups in total. The number of hydrogen-bond acceptors (Lipinski definition) is 5. The Balaban J connectivity index is 1.76. The molecule has 1 fully saturated rings. The third-order valence-corrected chi connectivity index (χ3v) is 7.85. The highest BCUT2D eigenvalue weighted by molar-refractivity contribution is 7.89. The number of aryl methyl sites for hydroxylation is 2. The van der Waals surface area contributed by atoms with Gasteiger partial charge >= 0.3 is 0 Å². The van der Waals surface area contributed by atoms with Gasteiger partial charge in [0.1, 0.15) is 0 Å². The molecule has 33 heavy (non-hydrogen) atoms. The van der Waals surface area contributed by atoms with E-state index in [0.29, 0.717) is 17.7 Å². The number of benzene rings is 2. The molecule has 1 saturated heterocycles. The Labute approximate surface area is 193 Å². The fourth-order valence-electron chi connectivity index (χ4n) is 4.31. The molecule has 7 nitrogen and oxygen atoms in total. The number of aromatic nitrogens is 1. The van der Waals surface area contributed by atoms with Gasteiger partial charge in [0.25, 0.3) is 5.56 Å². The van der Waals surface area contributed by atoms with Crippen LogP contribution in [0.4, 0.5) is 0 Å². The van der Waals surface area contributed by atoms with Crippen LogP contribution in [0.3, 0.4) is 0 Å². The van der Waals surface area contributed by atoms with E-state index in [9.17, 15) is 18.0 Å². The number of aromatic amines is 1. The van der Waals surface area contributed by atoms with E-state index in [0.717, 1.165) is 34.9 Å². The minimum Gasteiger partial charge on any atom is -0.377 e. The van der Waals surface area contributed by atoms with Crippen molar-refractivity contribution in [3.8, 4) is 0 Å². The van der Waals surface area contributed by atoms with Crippen molar-refractivity contribution in [1.29, 1.82) is 0 Å². The topological polar surface area (TPSA) is 96.5 Å². The lowest BCUT2D eigenvalue weighted by atomic mass is 10.0. The maximum absolute atomic E-state index is 13.6. The first-order valence-electron chi connectivity index (χ1n) is 11.0. The Kier molecular flexibility index (Phi) is 6.52. The Morgan fingerprint density at radius 1 is 1.18 bits per heavy atom. The fraction of sp³-hybridized carbons (Fsp3) is 0.360. The first kappa shape index (κ1) is 23.4. The van der Waals surface area contributed by atoms with E-state index in [4.69, 9.17) is 4.74 Å². The van der Waals surface area contributed by atoms with E-state index in [1.54, 1.807) is 18.2 Å². The lowest BCUT2D eigenvalue weighted by Crippen LogP contribution is -2.38. The molecule has 1 aromatic heterocycles. The lowest BCUT2D eigenvalue weighted by Gasteiger charge is -2.25. The average Bonchev–Trinajstić information content (AvgIpc) is 3.27. The zero-order valence-corrected chi connectivity index (χ0v) is 19.9. The monoisotopic (exact) mass is 468 g/mol. The van der Waals surface area contributed by atoms with Crippen LogP contribution in [-0.2, 0) is 21.3 Å². The van der Waals surface area contributed by atoms with Crippen LogP contribution in [0.5, 0.6) is 0 Å². The standard InChI is InChI=1S/C25H28N2O5S/c1-16-10-17(2)23-13-20(25(29)26-24(23)11-16)14-27(15-21-7-5-9-32-21)33(30,31)22-8-4-6-19(12-22)18(3)28/h4,6,8,10-13,21H,5,7,9,14-15H2,1-3H3,(H,26,29)/t21-/m1/s1. The Morgan fingerprint density at radius 2 is 1.97 bits per heavy atom. The number of rotatable bonds is 7. The van der Waals surface area contributed by atoms with Gasteiger partial charge in [-0.25, -0.2) is 8.42 Å². The summed E-state index contributed by atoms with van der Waals surface area (Å²) in [6.45, 7) is 5.96. The van der Waals surface area contributed by atoms with E-state index < -0.39 is 10.0 Å². The number of fused-ring (bicyclic) bond motifs is 1. The number of pyridine rings is 1. The van der Waals surface area contributed by atoms with Gasteiger partial charge in [0.2, 0.25) is 10.0 Å². The van der Waals surface area contributed by atoms with Gasteiger partial charge in [-0.15, -0.1) is 0 Å². The zero-order chi connectivity index (χ0) is 23.8. The van der Waals surface area contributed by atoms with Crippen molar-refractivity contribution < 1.29 is 17.9 Å². The van der Waals surface area contributed by atoms with Crippen LogP contribution < -0.4 is 5.56 Å². The SMILES string of the molecule is CC(=O)c1cccc(S(=O)(=O)N(Cc2cc3c(C)cc(C)cc3[nH]c2=O)C[C@H]2CCCO2)c1. The molecule has 4 rings (SSSR count). The Morgan fingerprint density at radius 3 is 2.67 bits per heavy atom. The van der Waals surface area contributed by atoms with E-state index in [2.05, 4.69) is 4.98 Å². The molecule has 0 bridgehead atoms. The number of carbonyl (C=O) groups excluding carboxylic acids is 1. The van der Waals surface area contributed by atoms with Gasteiger partial charge in [-0.05, 0) is 69.0 Å². The average molecular weight is 469 g/mol. The summed E-state index contributed by atoms with van der Waals surface area (Å²) in [5.74, 6) is -0.213. The Bertz CT molecular complexity index is 1370. The van der Waals surface area contributed by atoms with Crippen molar-refractivity contribution >= 4 is 26.7 Å². The molecule has 0 amide bonds. The van der Waals surface area contributed by atoms with E-state index in [-0.39, 0.29) is 35.4 Å². The minimum atomic E-state index is -3.98. The molecular weight excluding hydrogens is 440 g/mol.